The maximum absolute atomic E-state index is 7.29. The molecule has 2 heteroatoms. The zero-order chi connectivity index (χ0) is 9.84. The summed E-state index contributed by atoms with van der Waals surface area (Å²) in [6, 6.07) is 5.79. The molecule has 0 aliphatic rings. The number of hydrogen-bond acceptors (Lipinski definition) is 1. The Bertz CT molecular complexity index is 340. The minimum Gasteiger partial charge on any atom is -0.384 e. The van der Waals surface area contributed by atoms with Crippen LogP contribution < -0.4 is 5.73 Å². The minimum absolute atomic E-state index is 0.116. The maximum Gasteiger partial charge on any atom is 0.122 e. The molecule has 1 aromatic carbocycles. The highest BCUT2D eigenvalue weighted by Crippen LogP contribution is 2.11. The molecule has 0 aromatic heterocycles. The average molecular weight is 174 g/mol. The molecule has 2 nitrogen and oxygen atoms in total. The van der Waals surface area contributed by atoms with Crippen molar-refractivity contribution in [3.05, 3.63) is 47.5 Å². The number of nitrogens with two attached hydrogens (primary N) is 1. The number of aryl methyl sites for hydroxylation is 1. The highest BCUT2D eigenvalue weighted by Gasteiger charge is 2.00. The van der Waals surface area contributed by atoms with Crippen molar-refractivity contribution >= 4 is 5.84 Å². The third kappa shape index (κ3) is 2.18. The minimum atomic E-state index is 0.116. The van der Waals surface area contributed by atoms with E-state index in [0.717, 1.165) is 12.0 Å². The summed E-state index contributed by atoms with van der Waals surface area (Å²) in [6.07, 6.45) is 2.68. The molecule has 0 aliphatic carbocycles. The normalized spacial score (nSPS) is 9.62. The predicted octanol–water partition coefficient (Wildman–Crippen LogP) is 2.01. The van der Waals surface area contributed by atoms with E-state index in [0.29, 0.717) is 0 Å². The van der Waals surface area contributed by atoms with Crippen LogP contribution in [-0.4, -0.2) is 5.84 Å². The van der Waals surface area contributed by atoms with Gasteiger partial charge in [0.2, 0.25) is 0 Å². The molecule has 1 rings (SSSR count). The van der Waals surface area contributed by atoms with Crippen LogP contribution in [0.2, 0.25) is 0 Å². The fourth-order valence-corrected chi connectivity index (χ4v) is 1.21. The van der Waals surface area contributed by atoms with E-state index in [4.69, 9.17) is 11.1 Å². The zero-order valence-electron chi connectivity index (χ0n) is 7.80. The third-order valence-corrected chi connectivity index (χ3v) is 2.02. The molecule has 1 aromatic rings. The number of amidine groups is 1. The van der Waals surface area contributed by atoms with Crippen LogP contribution in [0.5, 0.6) is 0 Å². The number of nitrogens with one attached hydrogen (secondary N) is 1. The summed E-state index contributed by atoms with van der Waals surface area (Å²) in [5.74, 6) is 0.116. The average Bonchev–Trinajstić information content (AvgIpc) is 2.08. The Morgan fingerprint density at radius 2 is 2.31 bits per heavy atom. The van der Waals surface area contributed by atoms with Crippen LogP contribution in [0.3, 0.4) is 0 Å². The molecule has 68 valence electrons. The van der Waals surface area contributed by atoms with Gasteiger partial charge in [-0.3, -0.25) is 5.41 Å². The van der Waals surface area contributed by atoms with Crippen LogP contribution in [0.1, 0.15) is 16.7 Å². The molecule has 0 radical (unpaired) electrons. The monoisotopic (exact) mass is 174 g/mol. The molecule has 0 bridgehead atoms. The Morgan fingerprint density at radius 3 is 2.85 bits per heavy atom. The highest BCUT2D eigenvalue weighted by molar-refractivity contribution is 5.95. The molecule has 13 heavy (non-hydrogen) atoms. The van der Waals surface area contributed by atoms with E-state index in [-0.39, 0.29) is 5.84 Å². The quantitative estimate of drug-likeness (QED) is 0.411. The SMILES string of the molecule is C=CCc1cc(C(=N)N)ccc1C. The van der Waals surface area contributed by atoms with E-state index in [1.165, 1.54) is 11.1 Å². The lowest BCUT2D eigenvalue weighted by molar-refractivity contribution is 1.21. The maximum atomic E-state index is 7.29. The van der Waals surface area contributed by atoms with Crippen molar-refractivity contribution in [2.75, 3.05) is 0 Å². The zero-order valence-corrected chi connectivity index (χ0v) is 7.80. The first-order valence-electron chi connectivity index (χ1n) is 4.20. The summed E-state index contributed by atoms with van der Waals surface area (Å²) in [5.41, 5.74) is 8.56. The van der Waals surface area contributed by atoms with Crippen LogP contribution in [0.25, 0.3) is 0 Å². The Kier molecular flexibility index (Phi) is 2.85. The summed E-state index contributed by atoms with van der Waals surface area (Å²) in [4.78, 5) is 0. The number of hydrogen-bond donors (Lipinski definition) is 2. The van der Waals surface area contributed by atoms with E-state index < -0.39 is 0 Å². The second-order valence-corrected chi connectivity index (χ2v) is 3.05. The number of benzene rings is 1. The van der Waals surface area contributed by atoms with E-state index >= 15 is 0 Å². The molecule has 0 heterocycles. The lowest BCUT2D eigenvalue weighted by Gasteiger charge is -2.05. The molecule has 0 atom stereocenters. The van der Waals surface area contributed by atoms with E-state index in [2.05, 4.69) is 6.58 Å². The van der Waals surface area contributed by atoms with Crippen molar-refractivity contribution in [2.24, 2.45) is 5.73 Å². The molecule has 0 amide bonds. The van der Waals surface area contributed by atoms with E-state index in [1.807, 2.05) is 31.2 Å². The van der Waals surface area contributed by atoms with Gasteiger partial charge in [-0.15, -0.1) is 6.58 Å². The molecule has 0 saturated heterocycles. The Labute approximate surface area is 78.6 Å². The predicted molar refractivity (Wildman–Crippen MR) is 56.1 cm³/mol. The third-order valence-electron chi connectivity index (χ3n) is 2.02. The Morgan fingerprint density at radius 1 is 1.62 bits per heavy atom. The van der Waals surface area contributed by atoms with Gasteiger partial charge in [-0.05, 0) is 30.5 Å². The first kappa shape index (κ1) is 9.52. The highest BCUT2D eigenvalue weighted by atomic mass is 14.7. The van der Waals surface area contributed by atoms with Gasteiger partial charge in [0.15, 0.2) is 0 Å². The van der Waals surface area contributed by atoms with E-state index in [9.17, 15) is 0 Å². The molecule has 0 fully saturated rings. The van der Waals surface area contributed by atoms with Crippen molar-refractivity contribution in [1.82, 2.24) is 0 Å². The molecule has 0 unspecified atom stereocenters. The van der Waals surface area contributed by atoms with Gasteiger partial charge < -0.3 is 5.73 Å². The Balaban J connectivity index is 3.10. The fourth-order valence-electron chi connectivity index (χ4n) is 1.21. The van der Waals surface area contributed by atoms with Crippen LogP contribution in [-0.2, 0) is 6.42 Å². The summed E-state index contributed by atoms with van der Waals surface area (Å²) in [5, 5.41) is 7.29. The second kappa shape index (κ2) is 3.90. The first-order valence-corrected chi connectivity index (χ1v) is 4.20. The Hall–Kier alpha value is -1.57. The van der Waals surface area contributed by atoms with Crippen molar-refractivity contribution in [2.45, 2.75) is 13.3 Å². The molecule has 0 aliphatic heterocycles. The smallest absolute Gasteiger partial charge is 0.122 e. The largest absolute Gasteiger partial charge is 0.384 e. The van der Waals surface area contributed by atoms with Crippen molar-refractivity contribution < 1.29 is 0 Å². The van der Waals surface area contributed by atoms with Crippen LogP contribution in [0.15, 0.2) is 30.9 Å². The summed E-state index contributed by atoms with van der Waals surface area (Å²) >= 11 is 0. The first-order chi connectivity index (χ1) is 6.15. The van der Waals surface area contributed by atoms with Gasteiger partial charge >= 0.3 is 0 Å². The topological polar surface area (TPSA) is 49.9 Å². The molecule has 0 saturated carbocycles. The molecule has 0 spiro atoms. The lowest BCUT2D eigenvalue weighted by Crippen LogP contribution is -2.11. The van der Waals surface area contributed by atoms with Gasteiger partial charge in [-0.1, -0.05) is 18.2 Å². The summed E-state index contributed by atoms with van der Waals surface area (Å²) in [6.45, 7) is 5.73. The molecular formula is C11H14N2. The van der Waals surface area contributed by atoms with E-state index in [1.54, 1.807) is 0 Å². The summed E-state index contributed by atoms with van der Waals surface area (Å²) < 4.78 is 0. The number of rotatable bonds is 3. The standard InChI is InChI=1S/C11H14N2/c1-3-4-9-7-10(11(12)13)6-5-8(9)2/h3,5-7H,1,4H2,2H3,(H3,12,13). The van der Waals surface area contributed by atoms with Gasteiger partial charge in [-0.2, -0.15) is 0 Å². The van der Waals surface area contributed by atoms with Crippen molar-refractivity contribution in [1.29, 1.82) is 5.41 Å². The van der Waals surface area contributed by atoms with Crippen molar-refractivity contribution in [3.63, 3.8) is 0 Å². The summed E-state index contributed by atoms with van der Waals surface area (Å²) in [7, 11) is 0. The van der Waals surface area contributed by atoms with Crippen LogP contribution in [0, 0.1) is 12.3 Å². The number of allylic oxidation sites excluding steroid dienone is 1. The van der Waals surface area contributed by atoms with Gasteiger partial charge in [-0.25, -0.2) is 0 Å². The van der Waals surface area contributed by atoms with Crippen LogP contribution >= 0.6 is 0 Å². The number of nitrogen functional groups attached to an aromatic ring is 1. The second-order valence-electron chi connectivity index (χ2n) is 3.05. The van der Waals surface area contributed by atoms with Crippen LogP contribution in [0.4, 0.5) is 0 Å². The van der Waals surface area contributed by atoms with Gasteiger partial charge in [0, 0.05) is 5.56 Å². The molecule has 3 N–H and O–H groups in total. The van der Waals surface area contributed by atoms with Gasteiger partial charge in [0.25, 0.3) is 0 Å². The van der Waals surface area contributed by atoms with Crippen molar-refractivity contribution in [3.8, 4) is 0 Å². The molecular weight excluding hydrogens is 160 g/mol. The fraction of sp³-hybridized carbons (Fsp3) is 0.182. The lowest BCUT2D eigenvalue weighted by atomic mass is 10.0. The van der Waals surface area contributed by atoms with Gasteiger partial charge in [0.1, 0.15) is 5.84 Å². The van der Waals surface area contributed by atoms with Gasteiger partial charge in [0.05, 0.1) is 0 Å².